The lowest BCUT2D eigenvalue weighted by molar-refractivity contribution is -0.339. The van der Waals surface area contributed by atoms with Crippen LogP contribution in [0.4, 0.5) is 5.69 Å². The Hall–Kier alpha value is -2.37. The van der Waals surface area contributed by atoms with E-state index in [0.29, 0.717) is 0 Å². The number of para-hydroxylation sites is 1. The van der Waals surface area contributed by atoms with Gasteiger partial charge in [-0.05, 0) is 37.0 Å². The molecule has 4 N–H and O–H groups in total. The topological polar surface area (TPSA) is 123 Å². The maximum atomic E-state index is 13.3. The minimum Gasteiger partial charge on any atom is -0.387 e. The smallest absolute Gasteiger partial charge is 0.229 e. The summed E-state index contributed by atoms with van der Waals surface area (Å²) in [7, 11) is 0. The SMILES string of the molecule is O=C(CCO[C@@H]1O[C@H](O)[C@@H](O)[C@H](O)[C@H]1O)N(c1ccccc1)C1CCN(CCc2ccccc2)CC1. The molecule has 0 aromatic heterocycles. The zero-order chi connectivity index (χ0) is 25.5. The predicted octanol–water partition coefficient (Wildman–Crippen LogP) is 0.891. The lowest BCUT2D eigenvalue weighted by atomic mass is 10.0. The zero-order valence-electron chi connectivity index (χ0n) is 20.3. The Labute approximate surface area is 211 Å². The minimum absolute atomic E-state index is 0.0322. The number of benzene rings is 2. The summed E-state index contributed by atoms with van der Waals surface area (Å²) in [6, 6.07) is 20.0. The molecule has 5 atom stereocenters. The van der Waals surface area contributed by atoms with Crippen molar-refractivity contribution in [2.45, 2.75) is 62.6 Å². The molecule has 1 amide bonds. The van der Waals surface area contributed by atoms with Crippen molar-refractivity contribution in [3.05, 3.63) is 66.2 Å². The maximum Gasteiger partial charge on any atom is 0.229 e. The minimum atomic E-state index is -1.68. The number of rotatable bonds is 9. The normalized spacial score (nSPS) is 27.6. The van der Waals surface area contributed by atoms with Crippen LogP contribution in [-0.4, -0.2) is 94.4 Å². The molecule has 0 bridgehead atoms. The number of carbonyl (C=O) groups is 1. The lowest BCUT2D eigenvalue weighted by Gasteiger charge is -2.39. The molecular weight excluding hydrogens is 464 g/mol. The van der Waals surface area contributed by atoms with Crippen molar-refractivity contribution in [2.24, 2.45) is 0 Å². The quantitative estimate of drug-likeness (QED) is 0.401. The Balaban J connectivity index is 1.31. The number of hydrogen-bond donors (Lipinski definition) is 4. The molecule has 2 aromatic carbocycles. The van der Waals surface area contributed by atoms with Gasteiger partial charge in [-0.15, -0.1) is 0 Å². The van der Waals surface area contributed by atoms with Crippen LogP contribution >= 0.6 is 0 Å². The van der Waals surface area contributed by atoms with Gasteiger partial charge in [0.25, 0.3) is 0 Å². The number of likely N-dealkylation sites (tertiary alicyclic amines) is 1. The van der Waals surface area contributed by atoms with Crippen LogP contribution in [0.2, 0.25) is 0 Å². The number of piperidine rings is 1. The number of ether oxygens (including phenoxy) is 2. The van der Waals surface area contributed by atoms with Crippen LogP contribution in [-0.2, 0) is 20.7 Å². The third-order valence-electron chi connectivity index (χ3n) is 6.93. The maximum absolute atomic E-state index is 13.3. The van der Waals surface area contributed by atoms with Gasteiger partial charge in [0.2, 0.25) is 5.91 Å². The van der Waals surface area contributed by atoms with E-state index in [4.69, 9.17) is 9.47 Å². The van der Waals surface area contributed by atoms with E-state index in [0.717, 1.165) is 44.6 Å². The molecule has 2 aliphatic heterocycles. The Morgan fingerprint density at radius 3 is 2.22 bits per heavy atom. The van der Waals surface area contributed by atoms with Gasteiger partial charge in [0.1, 0.15) is 18.3 Å². The molecule has 2 heterocycles. The summed E-state index contributed by atoms with van der Waals surface area (Å²) in [5, 5.41) is 39.2. The average molecular weight is 501 g/mol. The average Bonchev–Trinajstić information content (AvgIpc) is 2.91. The van der Waals surface area contributed by atoms with Gasteiger partial charge in [0.15, 0.2) is 12.6 Å². The summed E-state index contributed by atoms with van der Waals surface area (Å²) >= 11 is 0. The van der Waals surface area contributed by atoms with Gasteiger partial charge in [-0.25, -0.2) is 0 Å². The van der Waals surface area contributed by atoms with Crippen LogP contribution in [0.25, 0.3) is 0 Å². The van der Waals surface area contributed by atoms with Crippen LogP contribution in [0.15, 0.2) is 60.7 Å². The standard InChI is InChI=1S/C27H36N2O7/c30-22(14-18-35-27-25(33)23(31)24(32)26(34)36-27)29(20-9-5-2-6-10-20)21-12-16-28(17-13-21)15-11-19-7-3-1-4-8-19/h1-10,21,23-27,31-34H,11-18H2/t23-,24-,25+,26-,27+/m0/s1. The number of anilines is 1. The molecule has 36 heavy (non-hydrogen) atoms. The summed E-state index contributed by atoms with van der Waals surface area (Å²) in [6.07, 6.45) is -5.06. The number of aliphatic hydroxyl groups excluding tert-OH is 4. The fourth-order valence-corrected chi connectivity index (χ4v) is 4.83. The van der Waals surface area contributed by atoms with E-state index in [9.17, 15) is 25.2 Å². The molecule has 4 rings (SSSR count). The third kappa shape index (κ3) is 6.68. The molecule has 9 heteroatoms. The van der Waals surface area contributed by atoms with E-state index in [1.165, 1.54) is 5.56 Å². The number of hydrogen-bond acceptors (Lipinski definition) is 8. The molecular formula is C27H36N2O7. The van der Waals surface area contributed by atoms with Crippen molar-refractivity contribution in [3.8, 4) is 0 Å². The second-order valence-electron chi connectivity index (χ2n) is 9.40. The van der Waals surface area contributed by atoms with Crippen molar-refractivity contribution in [1.29, 1.82) is 0 Å². The van der Waals surface area contributed by atoms with Gasteiger partial charge in [-0.1, -0.05) is 48.5 Å². The molecule has 2 saturated heterocycles. The summed E-state index contributed by atoms with van der Waals surface area (Å²) in [5.41, 5.74) is 2.15. The highest BCUT2D eigenvalue weighted by Crippen LogP contribution is 2.26. The molecule has 0 saturated carbocycles. The van der Waals surface area contributed by atoms with Crippen molar-refractivity contribution in [2.75, 3.05) is 31.1 Å². The first kappa shape index (κ1) is 26.7. The van der Waals surface area contributed by atoms with Crippen molar-refractivity contribution in [3.63, 3.8) is 0 Å². The second-order valence-corrected chi connectivity index (χ2v) is 9.40. The molecule has 2 aliphatic rings. The third-order valence-corrected chi connectivity index (χ3v) is 6.93. The van der Waals surface area contributed by atoms with Crippen LogP contribution in [0.5, 0.6) is 0 Å². The molecule has 0 spiro atoms. The van der Waals surface area contributed by atoms with Crippen molar-refractivity contribution >= 4 is 11.6 Å². The zero-order valence-corrected chi connectivity index (χ0v) is 20.3. The van der Waals surface area contributed by atoms with Crippen LogP contribution < -0.4 is 4.90 Å². The molecule has 9 nitrogen and oxygen atoms in total. The second kappa shape index (κ2) is 12.7. The van der Waals surface area contributed by atoms with Crippen molar-refractivity contribution in [1.82, 2.24) is 4.90 Å². The summed E-state index contributed by atoms with van der Waals surface area (Å²) in [5.74, 6) is -0.115. The van der Waals surface area contributed by atoms with E-state index >= 15 is 0 Å². The van der Waals surface area contributed by atoms with E-state index in [1.807, 2.05) is 41.3 Å². The highest BCUT2D eigenvalue weighted by Gasteiger charge is 2.43. The Kier molecular flexibility index (Phi) is 9.44. The van der Waals surface area contributed by atoms with Gasteiger partial charge in [-0.2, -0.15) is 0 Å². The van der Waals surface area contributed by atoms with E-state index in [-0.39, 0.29) is 25.0 Å². The largest absolute Gasteiger partial charge is 0.387 e. The van der Waals surface area contributed by atoms with Crippen LogP contribution in [0.1, 0.15) is 24.8 Å². The first-order valence-electron chi connectivity index (χ1n) is 12.6. The summed E-state index contributed by atoms with van der Waals surface area (Å²) in [6.45, 7) is 2.73. The molecule has 0 aliphatic carbocycles. The summed E-state index contributed by atoms with van der Waals surface area (Å²) in [4.78, 5) is 17.6. The van der Waals surface area contributed by atoms with Gasteiger partial charge < -0.3 is 39.7 Å². The number of nitrogens with zero attached hydrogens (tertiary/aromatic N) is 2. The van der Waals surface area contributed by atoms with Crippen LogP contribution in [0.3, 0.4) is 0 Å². The summed E-state index contributed by atoms with van der Waals surface area (Å²) < 4.78 is 10.5. The van der Waals surface area contributed by atoms with Gasteiger partial charge in [0, 0.05) is 31.4 Å². The van der Waals surface area contributed by atoms with Gasteiger partial charge >= 0.3 is 0 Å². The molecule has 0 unspecified atom stereocenters. The first-order chi connectivity index (χ1) is 17.4. The molecule has 2 aromatic rings. The Morgan fingerprint density at radius 2 is 1.56 bits per heavy atom. The van der Waals surface area contributed by atoms with E-state index in [1.54, 1.807) is 0 Å². The lowest BCUT2D eigenvalue weighted by Crippen LogP contribution is -2.58. The fourth-order valence-electron chi connectivity index (χ4n) is 4.83. The Bertz CT molecular complexity index is 940. The van der Waals surface area contributed by atoms with Gasteiger partial charge in [-0.3, -0.25) is 4.79 Å². The highest BCUT2D eigenvalue weighted by molar-refractivity contribution is 5.94. The van der Waals surface area contributed by atoms with E-state index in [2.05, 4.69) is 29.2 Å². The molecule has 0 radical (unpaired) electrons. The monoisotopic (exact) mass is 500 g/mol. The van der Waals surface area contributed by atoms with Crippen molar-refractivity contribution < 1.29 is 34.7 Å². The van der Waals surface area contributed by atoms with Crippen LogP contribution in [0, 0.1) is 0 Å². The van der Waals surface area contributed by atoms with E-state index < -0.39 is 30.9 Å². The first-order valence-corrected chi connectivity index (χ1v) is 12.6. The predicted molar refractivity (Wildman–Crippen MR) is 133 cm³/mol. The fraction of sp³-hybridized carbons (Fsp3) is 0.519. The molecule has 2 fully saturated rings. The number of amides is 1. The number of aliphatic hydroxyl groups is 4. The van der Waals surface area contributed by atoms with Gasteiger partial charge in [0.05, 0.1) is 13.0 Å². The highest BCUT2D eigenvalue weighted by atomic mass is 16.7. The number of carbonyl (C=O) groups excluding carboxylic acids is 1. The molecule has 196 valence electrons. The Morgan fingerprint density at radius 1 is 0.917 bits per heavy atom.